The van der Waals surface area contributed by atoms with Crippen molar-refractivity contribution in [2.75, 3.05) is 5.32 Å². The number of hydrogen-bond acceptors (Lipinski definition) is 3. The number of carbonyl (C=O) groups excluding carboxylic acids is 1. The van der Waals surface area contributed by atoms with Gasteiger partial charge < -0.3 is 16.0 Å². The molecule has 1 aromatic heterocycles. The second-order valence-electron chi connectivity index (χ2n) is 6.30. The van der Waals surface area contributed by atoms with Crippen molar-refractivity contribution in [3.63, 3.8) is 0 Å². The van der Waals surface area contributed by atoms with Gasteiger partial charge in [0.2, 0.25) is 5.91 Å². The molecule has 3 rings (SSSR count). The molecule has 2 aromatic carbocycles. The lowest BCUT2D eigenvalue weighted by atomic mass is 9.96. The molecule has 3 aromatic rings. The van der Waals surface area contributed by atoms with E-state index in [1.807, 2.05) is 55.5 Å². The predicted molar refractivity (Wildman–Crippen MR) is 97.7 cm³/mol. The fourth-order valence-electron chi connectivity index (χ4n) is 2.74. The van der Waals surface area contributed by atoms with Gasteiger partial charge in [-0.3, -0.25) is 4.79 Å². The number of carbonyl (C=O) groups is 1. The molecule has 1 unspecified atom stereocenters. The van der Waals surface area contributed by atoms with E-state index in [0.29, 0.717) is 12.1 Å². The Morgan fingerprint density at radius 3 is 2.79 bits per heavy atom. The van der Waals surface area contributed by atoms with Crippen molar-refractivity contribution in [1.29, 1.82) is 0 Å². The summed E-state index contributed by atoms with van der Waals surface area (Å²) in [6.07, 6.45) is 1.50. The van der Waals surface area contributed by atoms with Gasteiger partial charge in [-0.05, 0) is 37.6 Å². The van der Waals surface area contributed by atoms with E-state index in [0.717, 1.165) is 28.8 Å². The average molecular weight is 322 g/mol. The molecule has 0 aliphatic heterocycles. The van der Waals surface area contributed by atoms with Gasteiger partial charge in [0.25, 0.3) is 0 Å². The summed E-state index contributed by atoms with van der Waals surface area (Å²) in [7, 11) is 0. The Bertz CT molecular complexity index is 833. The number of aromatic nitrogens is 2. The molecule has 4 N–H and O–H groups in total. The number of amides is 1. The summed E-state index contributed by atoms with van der Waals surface area (Å²) in [5.41, 5.74) is 8.75. The van der Waals surface area contributed by atoms with Crippen LogP contribution >= 0.6 is 0 Å². The molecule has 0 bridgehead atoms. The third-order valence-corrected chi connectivity index (χ3v) is 4.07. The van der Waals surface area contributed by atoms with Gasteiger partial charge in [-0.25, -0.2) is 4.98 Å². The average Bonchev–Trinajstić information content (AvgIpc) is 2.99. The number of imidazole rings is 1. The van der Waals surface area contributed by atoms with Gasteiger partial charge in [0.05, 0.1) is 16.6 Å². The van der Waals surface area contributed by atoms with Crippen molar-refractivity contribution >= 4 is 22.6 Å². The summed E-state index contributed by atoms with van der Waals surface area (Å²) in [5, 5.41) is 2.91. The standard InChI is InChI=1S/C19H22N4O/c1-3-11-19(2,20)18(24)21-14-8-6-7-13(12-14)17-22-15-9-4-5-10-16(15)23-17/h4-10,12H,3,11,20H2,1-2H3,(H,21,24)(H,22,23). The van der Waals surface area contributed by atoms with Crippen LogP contribution in [0.3, 0.4) is 0 Å². The van der Waals surface area contributed by atoms with Crippen molar-refractivity contribution in [2.45, 2.75) is 32.2 Å². The predicted octanol–water partition coefficient (Wildman–Crippen LogP) is 3.69. The molecule has 0 radical (unpaired) electrons. The number of hydrogen-bond donors (Lipinski definition) is 3. The fraction of sp³-hybridized carbons (Fsp3) is 0.263. The maximum absolute atomic E-state index is 12.4. The molecule has 24 heavy (non-hydrogen) atoms. The van der Waals surface area contributed by atoms with Crippen LogP contribution in [0.15, 0.2) is 48.5 Å². The van der Waals surface area contributed by atoms with E-state index in [9.17, 15) is 4.79 Å². The maximum atomic E-state index is 12.4. The molecule has 0 saturated carbocycles. The van der Waals surface area contributed by atoms with E-state index >= 15 is 0 Å². The fourth-order valence-corrected chi connectivity index (χ4v) is 2.74. The third kappa shape index (κ3) is 3.31. The summed E-state index contributed by atoms with van der Waals surface area (Å²) in [5.74, 6) is 0.600. The van der Waals surface area contributed by atoms with Crippen LogP contribution in [0.2, 0.25) is 0 Å². The largest absolute Gasteiger partial charge is 0.338 e. The monoisotopic (exact) mass is 322 g/mol. The number of benzene rings is 2. The SMILES string of the molecule is CCCC(C)(N)C(=O)Nc1cccc(-c2nc3ccccc3[nH]2)c1. The highest BCUT2D eigenvalue weighted by atomic mass is 16.2. The summed E-state index contributed by atoms with van der Waals surface area (Å²) >= 11 is 0. The molecular weight excluding hydrogens is 300 g/mol. The lowest BCUT2D eigenvalue weighted by molar-refractivity contribution is -0.120. The van der Waals surface area contributed by atoms with Gasteiger partial charge in [-0.15, -0.1) is 0 Å². The summed E-state index contributed by atoms with van der Waals surface area (Å²) in [6.45, 7) is 3.77. The second-order valence-corrected chi connectivity index (χ2v) is 6.30. The zero-order valence-electron chi connectivity index (χ0n) is 14.0. The van der Waals surface area contributed by atoms with Gasteiger partial charge in [0.1, 0.15) is 5.82 Å². The third-order valence-electron chi connectivity index (χ3n) is 4.07. The molecule has 0 aliphatic carbocycles. The van der Waals surface area contributed by atoms with Crippen LogP contribution in [0.25, 0.3) is 22.4 Å². The zero-order chi connectivity index (χ0) is 17.2. The minimum Gasteiger partial charge on any atom is -0.338 e. The highest BCUT2D eigenvalue weighted by Gasteiger charge is 2.27. The van der Waals surface area contributed by atoms with E-state index < -0.39 is 5.54 Å². The second kappa shape index (κ2) is 6.45. The lowest BCUT2D eigenvalue weighted by Gasteiger charge is -2.22. The zero-order valence-corrected chi connectivity index (χ0v) is 14.0. The Morgan fingerprint density at radius 1 is 1.25 bits per heavy atom. The van der Waals surface area contributed by atoms with Crippen molar-refractivity contribution in [2.24, 2.45) is 5.73 Å². The molecule has 0 aliphatic rings. The molecule has 5 nitrogen and oxygen atoms in total. The molecule has 0 saturated heterocycles. The molecule has 1 atom stereocenters. The topological polar surface area (TPSA) is 83.8 Å². The van der Waals surface area contributed by atoms with Crippen LogP contribution in [0.4, 0.5) is 5.69 Å². The van der Waals surface area contributed by atoms with E-state index in [2.05, 4.69) is 15.3 Å². The molecule has 1 heterocycles. The minimum atomic E-state index is -0.871. The van der Waals surface area contributed by atoms with Crippen molar-refractivity contribution in [3.8, 4) is 11.4 Å². The van der Waals surface area contributed by atoms with Gasteiger partial charge in [-0.2, -0.15) is 0 Å². The van der Waals surface area contributed by atoms with E-state index in [4.69, 9.17) is 5.73 Å². The van der Waals surface area contributed by atoms with Crippen LogP contribution in [-0.2, 0) is 4.79 Å². The number of nitrogens with zero attached hydrogens (tertiary/aromatic N) is 1. The van der Waals surface area contributed by atoms with Crippen LogP contribution in [-0.4, -0.2) is 21.4 Å². The Balaban J connectivity index is 1.85. The van der Waals surface area contributed by atoms with Crippen LogP contribution < -0.4 is 11.1 Å². The quantitative estimate of drug-likeness (QED) is 0.670. The number of fused-ring (bicyclic) bond motifs is 1. The normalized spacial score (nSPS) is 13.6. The van der Waals surface area contributed by atoms with Crippen molar-refractivity contribution in [3.05, 3.63) is 48.5 Å². The first-order chi connectivity index (χ1) is 11.5. The maximum Gasteiger partial charge on any atom is 0.244 e. The Hall–Kier alpha value is -2.66. The Morgan fingerprint density at radius 2 is 2.04 bits per heavy atom. The number of nitrogens with two attached hydrogens (primary N) is 1. The molecule has 0 fully saturated rings. The number of nitrogens with one attached hydrogen (secondary N) is 2. The van der Waals surface area contributed by atoms with Gasteiger partial charge in [-0.1, -0.05) is 37.6 Å². The van der Waals surface area contributed by atoms with Gasteiger partial charge in [0, 0.05) is 11.3 Å². The van der Waals surface area contributed by atoms with Crippen molar-refractivity contribution < 1.29 is 4.79 Å². The van der Waals surface area contributed by atoms with Crippen molar-refractivity contribution in [1.82, 2.24) is 9.97 Å². The molecule has 0 spiro atoms. The molecular formula is C19H22N4O. The molecule has 5 heteroatoms. The minimum absolute atomic E-state index is 0.175. The van der Waals surface area contributed by atoms with E-state index in [1.54, 1.807) is 6.92 Å². The Labute approximate surface area is 141 Å². The number of H-pyrrole nitrogens is 1. The van der Waals surface area contributed by atoms with Crippen LogP contribution in [0, 0.1) is 0 Å². The smallest absolute Gasteiger partial charge is 0.244 e. The first kappa shape index (κ1) is 16.2. The first-order valence-electron chi connectivity index (χ1n) is 8.15. The Kier molecular flexibility index (Phi) is 4.36. The van der Waals surface area contributed by atoms with E-state index in [-0.39, 0.29) is 5.91 Å². The highest BCUT2D eigenvalue weighted by molar-refractivity contribution is 5.98. The molecule has 124 valence electrons. The summed E-state index contributed by atoms with van der Waals surface area (Å²) < 4.78 is 0. The lowest BCUT2D eigenvalue weighted by Crippen LogP contribution is -2.48. The summed E-state index contributed by atoms with van der Waals surface area (Å²) in [6, 6.07) is 15.5. The number of aromatic amines is 1. The summed E-state index contributed by atoms with van der Waals surface area (Å²) in [4.78, 5) is 20.2. The first-order valence-corrected chi connectivity index (χ1v) is 8.15. The van der Waals surface area contributed by atoms with E-state index in [1.165, 1.54) is 0 Å². The number of rotatable bonds is 5. The molecule has 1 amide bonds. The van der Waals surface area contributed by atoms with Gasteiger partial charge >= 0.3 is 0 Å². The van der Waals surface area contributed by atoms with Gasteiger partial charge in [0.15, 0.2) is 0 Å². The number of para-hydroxylation sites is 2. The van der Waals surface area contributed by atoms with Crippen LogP contribution in [0.1, 0.15) is 26.7 Å². The highest BCUT2D eigenvalue weighted by Crippen LogP contribution is 2.23. The number of anilines is 1. The van der Waals surface area contributed by atoms with Crippen LogP contribution in [0.5, 0.6) is 0 Å².